The summed E-state index contributed by atoms with van der Waals surface area (Å²) in [6, 6.07) is 13.7. The summed E-state index contributed by atoms with van der Waals surface area (Å²) in [5.74, 6) is -0.486. The van der Waals surface area contributed by atoms with Gasteiger partial charge in [0.15, 0.2) is 0 Å². The number of anilines is 1. The maximum Gasteiger partial charge on any atom is 0.318 e. The molecule has 2 heterocycles. The number of fused-ring (bicyclic) bond motifs is 1. The smallest absolute Gasteiger partial charge is 0.318 e. The second-order valence-electron chi connectivity index (χ2n) is 6.78. The summed E-state index contributed by atoms with van der Waals surface area (Å²) in [6.45, 7) is 1.60. The summed E-state index contributed by atoms with van der Waals surface area (Å²) in [5, 5.41) is 2.95. The van der Waals surface area contributed by atoms with Crippen molar-refractivity contribution in [2.24, 2.45) is 0 Å². The lowest BCUT2D eigenvalue weighted by Crippen LogP contribution is -2.47. The van der Waals surface area contributed by atoms with Crippen LogP contribution >= 0.6 is 0 Å². The van der Waals surface area contributed by atoms with Crippen LogP contribution in [0.2, 0.25) is 0 Å². The van der Waals surface area contributed by atoms with Crippen molar-refractivity contribution in [1.82, 2.24) is 10.2 Å². The summed E-state index contributed by atoms with van der Waals surface area (Å²) < 4.78 is 13.4. The van der Waals surface area contributed by atoms with E-state index in [0.29, 0.717) is 25.3 Å². The number of nitrogens with one attached hydrogen (secondary N) is 1. The lowest BCUT2D eigenvalue weighted by molar-refractivity contribution is -0.117. The quantitative estimate of drug-likeness (QED) is 0.903. The normalized spacial score (nSPS) is 19.4. The molecule has 1 unspecified atom stereocenters. The molecule has 1 N–H and O–H groups in total. The molecule has 1 atom stereocenters. The molecule has 0 bridgehead atoms. The van der Waals surface area contributed by atoms with E-state index in [1.54, 1.807) is 17.0 Å². The Kier molecular flexibility index (Phi) is 4.32. The average Bonchev–Trinajstić information content (AvgIpc) is 3.01. The molecule has 2 aromatic rings. The molecule has 2 aromatic carbocycles. The predicted octanol–water partition coefficient (Wildman–Crippen LogP) is 2.70. The van der Waals surface area contributed by atoms with Crippen LogP contribution in [-0.2, 0) is 17.8 Å². The third-order valence-corrected chi connectivity index (χ3v) is 4.99. The van der Waals surface area contributed by atoms with Crippen molar-refractivity contribution < 1.29 is 14.0 Å². The maximum absolute atomic E-state index is 13.4. The molecule has 0 radical (unpaired) electrons. The molecule has 0 spiro atoms. The fourth-order valence-electron chi connectivity index (χ4n) is 3.63. The number of carbonyl (C=O) groups excluding carboxylic acids is 2. The van der Waals surface area contributed by atoms with Crippen molar-refractivity contribution in [1.29, 1.82) is 0 Å². The zero-order valence-corrected chi connectivity index (χ0v) is 14.3. The van der Waals surface area contributed by atoms with Crippen LogP contribution in [0.5, 0.6) is 0 Å². The Hall–Kier alpha value is -2.89. The number of amides is 3. The van der Waals surface area contributed by atoms with Crippen LogP contribution in [0.15, 0.2) is 48.5 Å². The Morgan fingerprint density at radius 1 is 1.12 bits per heavy atom. The molecule has 3 amide bonds. The van der Waals surface area contributed by atoms with Crippen LogP contribution in [0.4, 0.5) is 14.9 Å². The number of rotatable bonds is 2. The van der Waals surface area contributed by atoms with E-state index in [4.69, 9.17) is 0 Å². The van der Waals surface area contributed by atoms with E-state index in [-0.39, 0.29) is 30.2 Å². The Morgan fingerprint density at radius 3 is 2.73 bits per heavy atom. The number of carbonyl (C=O) groups is 2. The fourth-order valence-corrected chi connectivity index (χ4v) is 3.63. The number of hydrogen-bond acceptors (Lipinski definition) is 2. The minimum Gasteiger partial charge on any atom is -0.333 e. The molecule has 4 rings (SSSR count). The van der Waals surface area contributed by atoms with E-state index >= 15 is 0 Å². The summed E-state index contributed by atoms with van der Waals surface area (Å²) in [5.41, 5.74) is 2.97. The van der Waals surface area contributed by atoms with Gasteiger partial charge in [-0.05, 0) is 35.7 Å². The van der Waals surface area contributed by atoms with E-state index in [1.807, 2.05) is 18.2 Å². The van der Waals surface area contributed by atoms with Crippen LogP contribution in [-0.4, -0.2) is 36.0 Å². The van der Waals surface area contributed by atoms with Crippen molar-refractivity contribution >= 4 is 17.6 Å². The first-order valence-electron chi connectivity index (χ1n) is 8.78. The second kappa shape index (κ2) is 6.78. The van der Waals surface area contributed by atoms with Gasteiger partial charge in [-0.1, -0.05) is 30.3 Å². The van der Waals surface area contributed by atoms with Crippen LogP contribution in [0, 0.1) is 5.82 Å². The number of halogens is 1. The van der Waals surface area contributed by atoms with Gasteiger partial charge in [-0.3, -0.25) is 4.79 Å². The van der Waals surface area contributed by atoms with Crippen molar-refractivity contribution in [2.45, 2.75) is 25.4 Å². The minimum absolute atomic E-state index is 0.107. The molecular weight excluding hydrogens is 333 g/mol. The highest BCUT2D eigenvalue weighted by atomic mass is 19.1. The second-order valence-corrected chi connectivity index (χ2v) is 6.78. The van der Waals surface area contributed by atoms with Crippen LogP contribution in [0.1, 0.15) is 17.5 Å². The van der Waals surface area contributed by atoms with Crippen molar-refractivity contribution in [3.8, 4) is 0 Å². The van der Waals surface area contributed by atoms with Gasteiger partial charge in [-0.25, -0.2) is 9.18 Å². The minimum atomic E-state index is -0.380. The first kappa shape index (κ1) is 16.6. The van der Waals surface area contributed by atoms with Gasteiger partial charge in [0.2, 0.25) is 5.91 Å². The molecular formula is C20H20FN3O2. The van der Waals surface area contributed by atoms with E-state index in [2.05, 4.69) is 11.4 Å². The molecule has 0 aromatic heterocycles. The van der Waals surface area contributed by atoms with Crippen LogP contribution in [0.25, 0.3) is 0 Å². The Morgan fingerprint density at radius 2 is 1.92 bits per heavy atom. The van der Waals surface area contributed by atoms with Crippen LogP contribution in [0.3, 0.4) is 0 Å². The lowest BCUT2D eigenvalue weighted by atomic mass is 10.0. The molecule has 1 fully saturated rings. The molecule has 2 aliphatic heterocycles. The van der Waals surface area contributed by atoms with Crippen LogP contribution < -0.4 is 10.2 Å². The third kappa shape index (κ3) is 3.27. The van der Waals surface area contributed by atoms with Gasteiger partial charge in [0.25, 0.3) is 0 Å². The molecule has 6 heteroatoms. The summed E-state index contributed by atoms with van der Waals surface area (Å²) in [6.07, 6.45) is 1.06. The van der Waals surface area contributed by atoms with Crippen molar-refractivity contribution in [3.05, 3.63) is 65.5 Å². The average molecular weight is 353 g/mol. The number of hydrogen-bond donors (Lipinski definition) is 1. The molecule has 26 heavy (non-hydrogen) atoms. The van der Waals surface area contributed by atoms with Crippen molar-refractivity contribution in [2.75, 3.05) is 18.0 Å². The van der Waals surface area contributed by atoms with Gasteiger partial charge in [-0.2, -0.15) is 0 Å². The standard InChI is InChI=1S/C20H20FN3O2/c21-16-6-3-7-18(10-16)24-13-17(11-19(24)25)22-20(26)23-9-8-14-4-1-2-5-15(14)12-23/h1-7,10,17H,8-9,11-13H2,(H,22,26). The molecule has 134 valence electrons. The topological polar surface area (TPSA) is 52.7 Å². The molecule has 0 aliphatic carbocycles. The zero-order valence-electron chi connectivity index (χ0n) is 14.3. The highest BCUT2D eigenvalue weighted by molar-refractivity contribution is 5.96. The Balaban J connectivity index is 1.39. The SMILES string of the molecule is O=C(NC1CC(=O)N(c2cccc(F)c2)C1)N1CCc2ccccc2C1. The zero-order chi connectivity index (χ0) is 18.1. The first-order chi connectivity index (χ1) is 12.6. The third-order valence-electron chi connectivity index (χ3n) is 4.99. The summed E-state index contributed by atoms with van der Waals surface area (Å²) in [7, 11) is 0. The van der Waals surface area contributed by atoms with E-state index in [1.165, 1.54) is 22.6 Å². The highest BCUT2D eigenvalue weighted by Crippen LogP contribution is 2.23. The van der Waals surface area contributed by atoms with Gasteiger partial charge >= 0.3 is 6.03 Å². The Labute approximate surface area is 151 Å². The first-order valence-corrected chi connectivity index (χ1v) is 8.78. The largest absolute Gasteiger partial charge is 0.333 e. The highest BCUT2D eigenvalue weighted by Gasteiger charge is 2.33. The van der Waals surface area contributed by atoms with Gasteiger partial charge in [0.05, 0.1) is 6.04 Å². The van der Waals surface area contributed by atoms with E-state index < -0.39 is 0 Å². The van der Waals surface area contributed by atoms with Gasteiger partial charge < -0.3 is 15.1 Å². The van der Waals surface area contributed by atoms with Gasteiger partial charge in [-0.15, -0.1) is 0 Å². The van der Waals surface area contributed by atoms with Gasteiger partial charge in [0.1, 0.15) is 5.82 Å². The molecule has 1 saturated heterocycles. The number of nitrogens with zero attached hydrogens (tertiary/aromatic N) is 2. The lowest BCUT2D eigenvalue weighted by Gasteiger charge is -2.30. The summed E-state index contributed by atoms with van der Waals surface area (Å²) >= 11 is 0. The monoisotopic (exact) mass is 353 g/mol. The Bertz CT molecular complexity index is 854. The maximum atomic E-state index is 13.4. The van der Waals surface area contributed by atoms with Gasteiger partial charge in [0, 0.05) is 31.7 Å². The molecule has 5 nitrogen and oxygen atoms in total. The molecule has 0 saturated carbocycles. The number of benzene rings is 2. The molecule has 2 aliphatic rings. The van der Waals surface area contributed by atoms with E-state index in [0.717, 1.165) is 12.0 Å². The number of urea groups is 1. The van der Waals surface area contributed by atoms with Crippen molar-refractivity contribution in [3.63, 3.8) is 0 Å². The summed E-state index contributed by atoms with van der Waals surface area (Å²) in [4.78, 5) is 28.2. The van der Waals surface area contributed by atoms with E-state index in [9.17, 15) is 14.0 Å². The fraction of sp³-hybridized carbons (Fsp3) is 0.300. The predicted molar refractivity (Wildman–Crippen MR) is 96.2 cm³/mol.